The molecule has 19 heavy (non-hydrogen) atoms. The average molecular weight is 254 g/mol. The molecule has 0 atom stereocenters. The second-order valence-corrected chi connectivity index (χ2v) is 4.05. The summed E-state index contributed by atoms with van der Waals surface area (Å²) in [5, 5.41) is 13.3. The molecule has 3 aromatic heterocycles. The van der Waals surface area contributed by atoms with Crippen LogP contribution in [0.4, 0.5) is 0 Å². The zero-order chi connectivity index (χ0) is 13.2. The van der Waals surface area contributed by atoms with Crippen molar-refractivity contribution in [2.24, 2.45) is 0 Å². The van der Waals surface area contributed by atoms with Crippen LogP contribution in [-0.4, -0.2) is 25.2 Å². The molecule has 6 heteroatoms. The number of pyridine rings is 2. The topological polar surface area (TPSA) is 84.9 Å². The van der Waals surface area contributed by atoms with E-state index in [1.54, 1.807) is 18.6 Å². The third-order valence-electron chi connectivity index (χ3n) is 2.66. The van der Waals surface area contributed by atoms with Crippen LogP contribution >= 0.6 is 0 Å². The average Bonchev–Trinajstić information content (AvgIpc) is 2.89. The monoisotopic (exact) mass is 254 g/mol. The van der Waals surface area contributed by atoms with Gasteiger partial charge >= 0.3 is 0 Å². The number of rotatable bonds is 2. The summed E-state index contributed by atoms with van der Waals surface area (Å²) in [6.07, 6.45) is 6.31. The molecule has 0 aliphatic rings. The van der Waals surface area contributed by atoms with E-state index in [9.17, 15) is 5.11 Å². The molecule has 6 nitrogen and oxygen atoms in total. The predicted molar refractivity (Wildman–Crippen MR) is 67.2 cm³/mol. The van der Waals surface area contributed by atoms with Crippen LogP contribution in [-0.2, 0) is 0 Å². The Labute approximate surface area is 108 Å². The summed E-state index contributed by atoms with van der Waals surface area (Å²) < 4.78 is 5.18. The van der Waals surface area contributed by atoms with Crippen LogP contribution in [0.3, 0.4) is 0 Å². The van der Waals surface area contributed by atoms with Gasteiger partial charge in [-0.25, -0.2) is 0 Å². The van der Waals surface area contributed by atoms with E-state index in [1.807, 2.05) is 13.0 Å². The first kappa shape index (κ1) is 11.3. The van der Waals surface area contributed by atoms with E-state index in [0.717, 1.165) is 11.1 Å². The maximum absolute atomic E-state index is 9.38. The second-order valence-electron chi connectivity index (χ2n) is 4.05. The lowest BCUT2D eigenvalue weighted by molar-refractivity contribution is 0.431. The number of aromatic nitrogens is 4. The Bertz CT molecular complexity index is 724. The first-order chi connectivity index (χ1) is 9.24. The largest absolute Gasteiger partial charge is 0.506 e. The lowest BCUT2D eigenvalue weighted by Gasteiger charge is -1.97. The summed E-state index contributed by atoms with van der Waals surface area (Å²) in [5.74, 6) is 0.852. The highest BCUT2D eigenvalue weighted by Gasteiger charge is 2.12. The number of aryl methyl sites for hydroxylation is 1. The molecule has 0 aromatic carbocycles. The Balaban J connectivity index is 2.03. The Morgan fingerprint density at radius 1 is 1.16 bits per heavy atom. The summed E-state index contributed by atoms with van der Waals surface area (Å²) in [5.41, 5.74) is 2.40. The Hall–Kier alpha value is -2.76. The highest BCUT2D eigenvalue weighted by atomic mass is 16.5. The summed E-state index contributed by atoms with van der Waals surface area (Å²) in [4.78, 5) is 12.2. The number of hydrogen-bond donors (Lipinski definition) is 1. The predicted octanol–water partition coefficient (Wildman–Crippen LogP) is 2.21. The van der Waals surface area contributed by atoms with Crippen LogP contribution in [0.1, 0.15) is 5.56 Å². The van der Waals surface area contributed by atoms with Gasteiger partial charge in [-0.1, -0.05) is 5.16 Å². The van der Waals surface area contributed by atoms with E-state index in [0.29, 0.717) is 17.3 Å². The highest BCUT2D eigenvalue weighted by molar-refractivity contribution is 5.62. The Morgan fingerprint density at radius 2 is 2.05 bits per heavy atom. The molecule has 3 heterocycles. The minimum absolute atomic E-state index is 0.0531. The standard InChI is InChI=1S/C13H10N4O2/c1-8-5-14-3-2-11(8)12-16-13(19-17-12)9-4-10(18)7-15-6-9/h2-7,18H,1H3. The molecule has 0 radical (unpaired) electrons. The minimum atomic E-state index is 0.0531. The fraction of sp³-hybridized carbons (Fsp3) is 0.0769. The highest BCUT2D eigenvalue weighted by Crippen LogP contribution is 2.24. The van der Waals surface area contributed by atoms with Crippen LogP contribution < -0.4 is 0 Å². The molecule has 0 unspecified atom stereocenters. The lowest BCUT2D eigenvalue weighted by atomic mass is 10.1. The van der Waals surface area contributed by atoms with Crippen LogP contribution in [0.5, 0.6) is 5.75 Å². The van der Waals surface area contributed by atoms with E-state index < -0.39 is 0 Å². The molecule has 3 rings (SSSR count). The fourth-order valence-corrected chi connectivity index (χ4v) is 1.72. The Morgan fingerprint density at radius 3 is 2.84 bits per heavy atom. The van der Waals surface area contributed by atoms with Gasteiger partial charge in [0.2, 0.25) is 5.82 Å². The summed E-state index contributed by atoms with van der Waals surface area (Å²) in [6.45, 7) is 1.92. The van der Waals surface area contributed by atoms with Crippen LogP contribution in [0.15, 0.2) is 41.4 Å². The Kier molecular flexibility index (Phi) is 2.68. The molecular weight excluding hydrogens is 244 g/mol. The summed E-state index contributed by atoms with van der Waals surface area (Å²) >= 11 is 0. The maximum Gasteiger partial charge on any atom is 0.259 e. The van der Waals surface area contributed by atoms with Gasteiger partial charge in [-0.3, -0.25) is 9.97 Å². The van der Waals surface area contributed by atoms with Gasteiger partial charge in [0.05, 0.1) is 11.8 Å². The first-order valence-electron chi connectivity index (χ1n) is 5.63. The fourth-order valence-electron chi connectivity index (χ4n) is 1.72. The molecule has 0 fully saturated rings. The van der Waals surface area contributed by atoms with Crippen molar-refractivity contribution >= 4 is 0 Å². The molecule has 0 aliphatic heterocycles. The maximum atomic E-state index is 9.38. The van der Waals surface area contributed by atoms with Gasteiger partial charge in [-0.15, -0.1) is 0 Å². The van der Waals surface area contributed by atoms with Gasteiger partial charge in [0.25, 0.3) is 5.89 Å². The van der Waals surface area contributed by atoms with E-state index in [2.05, 4.69) is 20.1 Å². The summed E-state index contributed by atoms with van der Waals surface area (Å²) in [6, 6.07) is 3.34. The molecule has 0 aliphatic carbocycles. The normalized spacial score (nSPS) is 10.6. The number of aromatic hydroxyl groups is 1. The third kappa shape index (κ3) is 2.15. The van der Waals surface area contributed by atoms with Crippen molar-refractivity contribution in [2.75, 3.05) is 0 Å². The van der Waals surface area contributed by atoms with Crippen molar-refractivity contribution in [3.8, 4) is 28.6 Å². The van der Waals surface area contributed by atoms with E-state index >= 15 is 0 Å². The van der Waals surface area contributed by atoms with Crippen LogP contribution in [0, 0.1) is 6.92 Å². The second kappa shape index (κ2) is 4.49. The first-order valence-corrected chi connectivity index (χ1v) is 5.63. The summed E-state index contributed by atoms with van der Waals surface area (Å²) in [7, 11) is 0. The molecule has 0 saturated heterocycles. The van der Waals surface area contributed by atoms with E-state index in [4.69, 9.17) is 4.52 Å². The lowest BCUT2D eigenvalue weighted by Crippen LogP contribution is -1.86. The van der Waals surface area contributed by atoms with Gasteiger partial charge in [-0.2, -0.15) is 4.98 Å². The molecule has 0 saturated carbocycles. The molecule has 0 spiro atoms. The molecule has 1 N–H and O–H groups in total. The molecular formula is C13H10N4O2. The van der Waals surface area contributed by atoms with Crippen LogP contribution in [0.2, 0.25) is 0 Å². The van der Waals surface area contributed by atoms with Crippen molar-refractivity contribution in [2.45, 2.75) is 6.92 Å². The SMILES string of the molecule is Cc1cnccc1-c1noc(-c2cncc(O)c2)n1. The van der Waals surface area contributed by atoms with Gasteiger partial charge < -0.3 is 9.63 Å². The zero-order valence-electron chi connectivity index (χ0n) is 10.1. The van der Waals surface area contributed by atoms with Crippen molar-refractivity contribution in [1.82, 2.24) is 20.1 Å². The van der Waals surface area contributed by atoms with Gasteiger partial charge in [0.15, 0.2) is 0 Å². The van der Waals surface area contributed by atoms with Crippen molar-refractivity contribution in [3.63, 3.8) is 0 Å². The van der Waals surface area contributed by atoms with Crippen LogP contribution in [0.25, 0.3) is 22.8 Å². The van der Waals surface area contributed by atoms with Crippen molar-refractivity contribution < 1.29 is 9.63 Å². The van der Waals surface area contributed by atoms with Crippen molar-refractivity contribution in [1.29, 1.82) is 0 Å². The smallest absolute Gasteiger partial charge is 0.259 e. The third-order valence-corrected chi connectivity index (χ3v) is 2.66. The minimum Gasteiger partial charge on any atom is -0.506 e. The van der Waals surface area contributed by atoms with E-state index in [1.165, 1.54) is 12.3 Å². The van der Waals surface area contributed by atoms with Gasteiger partial charge in [0.1, 0.15) is 5.75 Å². The van der Waals surface area contributed by atoms with Gasteiger partial charge in [-0.05, 0) is 24.6 Å². The van der Waals surface area contributed by atoms with Crippen molar-refractivity contribution in [3.05, 3.63) is 42.5 Å². The number of nitrogens with zero attached hydrogens (tertiary/aromatic N) is 4. The van der Waals surface area contributed by atoms with E-state index in [-0.39, 0.29) is 5.75 Å². The molecule has 3 aromatic rings. The molecule has 0 amide bonds. The zero-order valence-corrected chi connectivity index (χ0v) is 10.1. The quantitative estimate of drug-likeness (QED) is 0.754. The molecule has 0 bridgehead atoms. The molecule has 94 valence electrons. The van der Waals surface area contributed by atoms with Gasteiger partial charge in [0, 0.05) is 24.2 Å². The number of hydrogen-bond acceptors (Lipinski definition) is 6.